The summed E-state index contributed by atoms with van der Waals surface area (Å²) in [5.41, 5.74) is 6.56. The Hall–Kier alpha value is -1.62. The molecular weight excluding hydrogens is 319 g/mol. The lowest BCUT2D eigenvalue weighted by Gasteiger charge is -2.38. The lowest BCUT2D eigenvalue weighted by Crippen LogP contribution is -2.48. The van der Waals surface area contributed by atoms with Crippen LogP contribution in [-0.4, -0.2) is 37.6 Å². The van der Waals surface area contributed by atoms with Gasteiger partial charge in [-0.3, -0.25) is 4.79 Å². The van der Waals surface area contributed by atoms with E-state index in [0.717, 1.165) is 38.6 Å². The standard InChI is InChI=1S/C20H27FN2O2/c1-25-16-7-2-6-15(17(16)21)14-5-3-10-23(11-14)18(24)20(13-22)12-19(20)8-4-9-19/h2,6-7,14H,3-5,8-13,22H2,1H3. The lowest BCUT2D eigenvalue weighted by molar-refractivity contribution is -0.140. The monoisotopic (exact) mass is 346 g/mol. The second-order valence-corrected chi connectivity index (χ2v) is 8.05. The zero-order chi connectivity index (χ0) is 17.7. The molecule has 1 aliphatic heterocycles. The molecule has 5 heteroatoms. The number of methoxy groups -OCH3 is 1. The maximum Gasteiger partial charge on any atom is 0.230 e. The van der Waals surface area contributed by atoms with Crippen molar-refractivity contribution < 1.29 is 13.9 Å². The van der Waals surface area contributed by atoms with Gasteiger partial charge in [-0.2, -0.15) is 0 Å². The molecular formula is C20H27FN2O2. The van der Waals surface area contributed by atoms with Crippen molar-refractivity contribution in [1.82, 2.24) is 4.90 Å². The summed E-state index contributed by atoms with van der Waals surface area (Å²) in [6.07, 6.45) is 6.24. The number of benzene rings is 1. The van der Waals surface area contributed by atoms with Crippen LogP contribution < -0.4 is 10.5 Å². The number of hydrogen-bond donors (Lipinski definition) is 1. The Labute approximate surface area is 148 Å². The van der Waals surface area contributed by atoms with Crippen molar-refractivity contribution in [2.45, 2.75) is 44.4 Å². The summed E-state index contributed by atoms with van der Waals surface area (Å²) in [5.74, 6) is 0.219. The number of likely N-dealkylation sites (tertiary alicyclic amines) is 1. The quantitative estimate of drug-likeness (QED) is 0.912. The predicted octanol–water partition coefficient (Wildman–Crippen LogP) is 3.06. The first-order valence-electron chi connectivity index (χ1n) is 9.39. The summed E-state index contributed by atoms with van der Waals surface area (Å²) in [5, 5.41) is 0. The highest BCUT2D eigenvalue weighted by atomic mass is 19.1. The Morgan fingerprint density at radius 3 is 2.80 bits per heavy atom. The molecule has 1 aromatic rings. The van der Waals surface area contributed by atoms with Crippen LogP contribution >= 0.6 is 0 Å². The van der Waals surface area contributed by atoms with Gasteiger partial charge in [0, 0.05) is 25.6 Å². The first-order chi connectivity index (χ1) is 12.1. The normalized spacial score (nSPS) is 30.0. The molecule has 1 spiro atoms. The number of nitrogens with zero attached hydrogens (tertiary/aromatic N) is 1. The van der Waals surface area contributed by atoms with Crippen molar-refractivity contribution in [1.29, 1.82) is 0 Å². The van der Waals surface area contributed by atoms with Gasteiger partial charge < -0.3 is 15.4 Å². The average molecular weight is 346 g/mol. The van der Waals surface area contributed by atoms with Crippen molar-refractivity contribution >= 4 is 5.91 Å². The van der Waals surface area contributed by atoms with Crippen molar-refractivity contribution in [2.75, 3.05) is 26.7 Å². The summed E-state index contributed by atoms with van der Waals surface area (Å²) in [7, 11) is 1.48. The van der Waals surface area contributed by atoms with Crippen molar-refractivity contribution in [3.63, 3.8) is 0 Å². The van der Waals surface area contributed by atoms with Crippen LogP contribution in [0.15, 0.2) is 18.2 Å². The number of hydrogen-bond acceptors (Lipinski definition) is 3. The van der Waals surface area contributed by atoms with E-state index in [0.29, 0.717) is 18.7 Å². The Morgan fingerprint density at radius 2 is 2.20 bits per heavy atom. The summed E-state index contributed by atoms with van der Waals surface area (Å²) in [4.78, 5) is 15.2. The van der Waals surface area contributed by atoms with Gasteiger partial charge >= 0.3 is 0 Å². The molecule has 2 atom stereocenters. The molecule has 1 aromatic carbocycles. The fourth-order valence-corrected chi connectivity index (χ4v) is 5.19. The number of piperidine rings is 1. The molecule has 2 saturated carbocycles. The van der Waals surface area contributed by atoms with Gasteiger partial charge in [-0.25, -0.2) is 4.39 Å². The van der Waals surface area contributed by atoms with Crippen LogP contribution in [0, 0.1) is 16.6 Å². The van der Waals surface area contributed by atoms with Crippen LogP contribution in [0.1, 0.15) is 50.0 Å². The number of rotatable bonds is 4. The molecule has 25 heavy (non-hydrogen) atoms. The van der Waals surface area contributed by atoms with E-state index in [-0.39, 0.29) is 34.2 Å². The van der Waals surface area contributed by atoms with E-state index in [4.69, 9.17) is 10.5 Å². The van der Waals surface area contributed by atoms with E-state index in [1.165, 1.54) is 13.5 Å². The van der Waals surface area contributed by atoms with E-state index in [1.54, 1.807) is 6.07 Å². The molecule has 0 bridgehead atoms. The molecule has 0 radical (unpaired) electrons. The topological polar surface area (TPSA) is 55.6 Å². The van der Waals surface area contributed by atoms with E-state index in [2.05, 4.69) is 0 Å². The first-order valence-corrected chi connectivity index (χ1v) is 9.39. The minimum atomic E-state index is -0.333. The number of nitrogens with two attached hydrogens (primary N) is 1. The molecule has 0 aromatic heterocycles. The maximum absolute atomic E-state index is 14.6. The highest BCUT2D eigenvalue weighted by molar-refractivity contribution is 5.88. The third kappa shape index (κ3) is 2.39. The summed E-state index contributed by atoms with van der Waals surface area (Å²) >= 11 is 0. The molecule has 2 aliphatic carbocycles. The van der Waals surface area contributed by atoms with Gasteiger partial charge in [0.25, 0.3) is 0 Å². The Kier molecular flexibility index (Phi) is 4.02. The van der Waals surface area contributed by atoms with Gasteiger partial charge in [0.05, 0.1) is 12.5 Å². The molecule has 3 aliphatic rings. The first kappa shape index (κ1) is 16.8. The number of ether oxygens (including phenoxy) is 1. The van der Waals surface area contributed by atoms with Crippen LogP contribution in [0.3, 0.4) is 0 Å². The summed E-state index contributed by atoms with van der Waals surface area (Å²) in [6, 6.07) is 5.28. The smallest absolute Gasteiger partial charge is 0.230 e. The molecule has 4 rings (SSSR count). The van der Waals surface area contributed by atoms with Crippen molar-refractivity contribution in [3.05, 3.63) is 29.6 Å². The SMILES string of the molecule is COc1cccc(C2CCCN(C(=O)C3(CN)CC34CCC4)C2)c1F. The zero-order valence-electron chi connectivity index (χ0n) is 14.9. The van der Waals surface area contributed by atoms with Crippen molar-refractivity contribution in [2.24, 2.45) is 16.6 Å². The van der Waals surface area contributed by atoms with E-state index in [1.807, 2.05) is 17.0 Å². The van der Waals surface area contributed by atoms with Crippen molar-refractivity contribution in [3.8, 4) is 5.75 Å². The van der Waals surface area contributed by atoms with Crippen LogP contribution in [0.4, 0.5) is 4.39 Å². The fourth-order valence-electron chi connectivity index (χ4n) is 5.19. The Morgan fingerprint density at radius 1 is 1.40 bits per heavy atom. The molecule has 3 fully saturated rings. The van der Waals surface area contributed by atoms with E-state index < -0.39 is 0 Å². The number of carbonyl (C=O) groups excluding carboxylic acids is 1. The minimum Gasteiger partial charge on any atom is -0.494 e. The van der Waals surface area contributed by atoms with Gasteiger partial charge in [0.1, 0.15) is 0 Å². The highest BCUT2D eigenvalue weighted by Gasteiger charge is 2.73. The molecule has 2 unspecified atom stereocenters. The number of amides is 1. The Balaban J connectivity index is 1.53. The van der Waals surface area contributed by atoms with Crippen LogP contribution in [0.25, 0.3) is 0 Å². The van der Waals surface area contributed by atoms with E-state index in [9.17, 15) is 9.18 Å². The third-order valence-electron chi connectivity index (χ3n) is 6.96. The summed E-state index contributed by atoms with van der Waals surface area (Å²) in [6.45, 7) is 1.79. The third-order valence-corrected chi connectivity index (χ3v) is 6.96. The average Bonchev–Trinajstić information content (AvgIpc) is 3.33. The summed E-state index contributed by atoms with van der Waals surface area (Å²) < 4.78 is 19.7. The second kappa shape index (κ2) is 5.97. The molecule has 4 nitrogen and oxygen atoms in total. The lowest BCUT2D eigenvalue weighted by atomic mass is 9.74. The van der Waals surface area contributed by atoms with Gasteiger partial charge in [-0.15, -0.1) is 0 Å². The molecule has 1 saturated heterocycles. The van der Waals surface area contributed by atoms with Crippen LogP contribution in [0.5, 0.6) is 5.75 Å². The minimum absolute atomic E-state index is 0.0266. The largest absolute Gasteiger partial charge is 0.494 e. The van der Waals surface area contributed by atoms with Gasteiger partial charge in [0.2, 0.25) is 5.91 Å². The maximum atomic E-state index is 14.6. The zero-order valence-corrected chi connectivity index (χ0v) is 14.9. The fraction of sp³-hybridized carbons (Fsp3) is 0.650. The van der Waals surface area contributed by atoms with Gasteiger partial charge in [-0.05, 0) is 49.1 Å². The Bertz CT molecular complexity index is 688. The number of carbonyl (C=O) groups is 1. The highest BCUT2D eigenvalue weighted by Crippen LogP contribution is 2.74. The molecule has 2 N–H and O–H groups in total. The molecule has 1 heterocycles. The van der Waals surface area contributed by atoms with E-state index >= 15 is 0 Å². The van der Waals surface area contributed by atoms with Gasteiger partial charge in [-0.1, -0.05) is 18.6 Å². The van der Waals surface area contributed by atoms with Gasteiger partial charge in [0.15, 0.2) is 11.6 Å². The van der Waals surface area contributed by atoms with Crippen LogP contribution in [0.2, 0.25) is 0 Å². The van der Waals surface area contributed by atoms with Crippen LogP contribution in [-0.2, 0) is 4.79 Å². The second-order valence-electron chi connectivity index (χ2n) is 8.05. The molecule has 136 valence electrons. The molecule has 1 amide bonds. The predicted molar refractivity (Wildman–Crippen MR) is 93.9 cm³/mol. The number of halogens is 1.